The highest BCUT2D eigenvalue weighted by Crippen LogP contribution is 2.34. The zero-order chi connectivity index (χ0) is 26.8. The van der Waals surface area contributed by atoms with Crippen LogP contribution in [-0.2, 0) is 10.0 Å². The summed E-state index contributed by atoms with van der Waals surface area (Å²) in [6, 6.07) is 11.5. The standard InChI is InChI=1S/C24H21F6N3O3S/c25-16-6-7-23(31-12-16)32-37(34,35)22-11-18(26)21(10-19(22)27)36-20-8-9-33(14-24(28,29)30)13-17(20)15-4-2-1-3-5-15/h1-7,10-12,17,20H,8-9,13-14H2,(H,31,32)/t17-,20+/m1/s1. The fraction of sp³-hybridized carbons (Fsp3) is 0.292. The van der Waals surface area contributed by atoms with Crippen molar-refractivity contribution in [2.45, 2.75) is 29.5 Å². The summed E-state index contributed by atoms with van der Waals surface area (Å²) in [6.45, 7) is -1.13. The number of sulfonamides is 1. The maximum Gasteiger partial charge on any atom is 0.401 e. The van der Waals surface area contributed by atoms with Crippen molar-refractivity contribution in [3.05, 3.63) is 83.8 Å². The molecule has 0 amide bonds. The van der Waals surface area contributed by atoms with Gasteiger partial charge >= 0.3 is 6.18 Å². The third-order valence-corrected chi connectivity index (χ3v) is 7.15. The predicted octanol–water partition coefficient (Wildman–Crippen LogP) is 5.10. The molecule has 1 aliphatic heterocycles. The number of aromatic nitrogens is 1. The minimum Gasteiger partial charge on any atom is -0.487 e. The smallest absolute Gasteiger partial charge is 0.401 e. The second-order valence-electron chi connectivity index (χ2n) is 8.49. The third-order valence-electron chi connectivity index (χ3n) is 5.78. The lowest BCUT2D eigenvalue weighted by Crippen LogP contribution is -2.47. The molecular weight excluding hydrogens is 524 g/mol. The molecule has 3 aromatic rings. The zero-order valence-corrected chi connectivity index (χ0v) is 19.9. The van der Waals surface area contributed by atoms with Gasteiger partial charge < -0.3 is 4.74 Å². The molecule has 37 heavy (non-hydrogen) atoms. The van der Waals surface area contributed by atoms with E-state index in [0.29, 0.717) is 17.7 Å². The Kier molecular flexibility index (Phi) is 7.64. The monoisotopic (exact) mass is 545 g/mol. The van der Waals surface area contributed by atoms with Crippen LogP contribution in [0.4, 0.5) is 32.2 Å². The van der Waals surface area contributed by atoms with E-state index in [1.54, 1.807) is 30.3 Å². The number of benzene rings is 2. The average molecular weight is 546 g/mol. The van der Waals surface area contributed by atoms with Crippen LogP contribution in [0.3, 0.4) is 0 Å². The van der Waals surface area contributed by atoms with Gasteiger partial charge in [-0.3, -0.25) is 9.62 Å². The Bertz CT molecular complexity index is 1340. The van der Waals surface area contributed by atoms with Gasteiger partial charge in [0.15, 0.2) is 11.6 Å². The molecular formula is C24H21F6N3O3S. The predicted molar refractivity (Wildman–Crippen MR) is 122 cm³/mol. The molecule has 1 fully saturated rings. The van der Waals surface area contributed by atoms with Crippen LogP contribution in [0, 0.1) is 17.5 Å². The lowest BCUT2D eigenvalue weighted by Gasteiger charge is -2.39. The van der Waals surface area contributed by atoms with Crippen LogP contribution in [-0.4, -0.2) is 50.2 Å². The van der Waals surface area contributed by atoms with Gasteiger partial charge in [0, 0.05) is 31.1 Å². The molecule has 0 spiro atoms. The van der Waals surface area contributed by atoms with E-state index in [1.807, 2.05) is 4.72 Å². The highest BCUT2D eigenvalue weighted by atomic mass is 32.2. The first-order chi connectivity index (χ1) is 17.4. The molecule has 0 radical (unpaired) electrons. The minimum atomic E-state index is -4.63. The Morgan fingerprint density at radius 1 is 1.03 bits per heavy atom. The van der Waals surface area contributed by atoms with E-state index < -0.39 is 62.9 Å². The van der Waals surface area contributed by atoms with Crippen molar-refractivity contribution >= 4 is 15.8 Å². The van der Waals surface area contributed by atoms with Gasteiger partial charge in [0.2, 0.25) is 0 Å². The number of piperidine rings is 1. The lowest BCUT2D eigenvalue weighted by atomic mass is 9.87. The van der Waals surface area contributed by atoms with Crippen LogP contribution in [0.1, 0.15) is 17.9 Å². The maximum absolute atomic E-state index is 14.9. The van der Waals surface area contributed by atoms with Crippen LogP contribution in [0.5, 0.6) is 5.75 Å². The molecule has 13 heteroatoms. The van der Waals surface area contributed by atoms with Crippen molar-refractivity contribution < 1.29 is 39.5 Å². The van der Waals surface area contributed by atoms with Crippen LogP contribution in [0.15, 0.2) is 65.7 Å². The fourth-order valence-corrected chi connectivity index (χ4v) is 5.24. The van der Waals surface area contributed by atoms with Gasteiger partial charge in [0.05, 0.1) is 12.7 Å². The highest BCUT2D eigenvalue weighted by Gasteiger charge is 2.38. The van der Waals surface area contributed by atoms with Crippen molar-refractivity contribution in [2.24, 2.45) is 0 Å². The first-order valence-corrected chi connectivity index (χ1v) is 12.5. The molecule has 2 aromatic carbocycles. The summed E-state index contributed by atoms with van der Waals surface area (Å²) in [5.41, 5.74) is 0.662. The summed E-state index contributed by atoms with van der Waals surface area (Å²) in [5.74, 6) is -4.70. The molecule has 0 aliphatic carbocycles. The maximum atomic E-state index is 14.9. The number of anilines is 1. The number of likely N-dealkylation sites (tertiary alicyclic amines) is 1. The fourth-order valence-electron chi connectivity index (χ4n) is 4.16. The second kappa shape index (κ2) is 10.6. The number of ether oxygens (including phenoxy) is 1. The van der Waals surface area contributed by atoms with E-state index in [1.165, 1.54) is 4.90 Å². The van der Waals surface area contributed by atoms with E-state index in [9.17, 15) is 34.8 Å². The molecule has 0 unspecified atom stereocenters. The van der Waals surface area contributed by atoms with Gasteiger partial charge in [-0.25, -0.2) is 26.6 Å². The largest absolute Gasteiger partial charge is 0.487 e. The highest BCUT2D eigenvalue weighted by molar-refractivity contribution is 7.92. The van der Waals surface area contributed by atoms with Gasteiger partial charge in [0.25, 0.3) is 10.0 Å². The zero-order valence-electron chi connectivity index (χ0n) is 19.1. The molecule has 1 aliphatic rings. The first-order valence-electron chi connectivity index (χ1n) is 11.1. The number of rotatable bonds is 7. The molecule has 2 heterocycles. The van der Waals surface area contributed by atoms with E-state index in [0.717, 1.165) is 18.3 Å². The summed E-state index contributed by atoms with van der Waals surface area (Å²) in [4.78, 5) is 3.72. The number of nitrogens with zero attached hydrogens (tertiary/aromatic N) is 2. The second-order valence-corrected chi connectivity index (χ2v) is 10.1. The molecule has 0 bridgehead atoms. The average Bonchev–Trinajstić information content (AvgIpc) is 2.83. The van der Waals surface area contributed by atoms with Crippen molar-refractivity contribution in [1.29, 1.82) is 0 Å². The van der Waals surface area contributed by atoms with Crippen molar-refractivity contribution in [2.75, 3.05) is 24.4 Å². The summed E-state index contributed by atoms with van der Waals surface area (Å²) in [6.07, 6.45) is -4.36. The SMILES string of the molecule is O=S(=O)(Nc1ccc(F)cn1)c1cc(F)c(O[C@H]2CCN(CC(F)(F)F)C[C@@H]2c2ccccc2)cc1F. The Balaban J connectivity index is 1.57. The third kappa shape index (κ3) is 6.72. The van der Waals surface area contributed by atoms with Gasteiger partial charge in [-0.05, 0) is 24.1 Å². The molecule has 1 aromatic heterocycles. The van der Waals surface area contributed by atoms with Crippen molar-refractivity contribution in [3.8, 4) is 5.75 Å². The quantitative estimate of drug-likeness (QED) is 0.419. The van der Waals surface area contributed by atoms with E-state index in [4.69, 9.17) is 4.74 Å². The number of hydrogen-bond donors (Lipinski definition) is 1. The Morgan fingerprint density at radius 3 is 2.41 bits per heavy atom. The molecule has 4 rings (SSSR count). The lowest BCUT2D eigenvalue weighted by molar-refractivity contribution is -0.150. The number of halogens is 6. The summed E-state index contributed by atoms with van der Waals surface area (Å²) in [7, 11) is -4.63. The van der Waals surface area contributed by atoms with E-state index >= 15 is 0 Å². The molecule has 1 saturated heterocycles. The van der Waals surface area contributed by atoms with Crippen LogP contribution >= 0.6 is 0 Å². The first kappa shape index (κ1) is 26.7. The molecule has 1 N–H and O–H groups in total. The van der Waals surface area contributed by atoms with Crippen LogP contribution < -0.4 is 9.46 Å². The van der Waals surface area contributed by atoms with Crippen molar-refractivity contribution in [1.82, 2.24) is 9.88 Å². The molecule has 2 atom stereocenters. The van der Waals surface area contributed by atoms with Gasteiger partial charge in [-0.15, -0.1) is 0 Å². The van der Waals surface area contributed by atoms with Gasteiger partial charge in [-0.2, -0.15) is 13.2 Å². The molecule has 198 valence electrons. The number of nitrogens with one attached hydrogen (secondary N) is 1. The van der Waals surface area contributed by atoms with E-state index in [2.05, 4.69) is 4.98 Å². The minimum absolute atomic E-state index is 0.0126. The summed E-state index contributed by atoms with van der Waals surface area (Å²) >= 11 is 0. The van der Waals surface area contributed by atoms with Crippen molar-refractivity contribution in [3.63, 3.8) is 0 Å². The summed E-state index contributed by atoms with van der Waals surface area (Å²) < 4.78 is 114. The molecule has 0 saturated carbocycles. The summed E-state index contributed by atoms with van der Waals surface area (Å²) in [5, 5.41) is 0. The van der Waals surface area contributed by atoms with Gasteiger partial charge in [-0.1, -0.05) is 30.3 Å². The van der Waals surface area contributed by atoms with Crippen LogP contribution in [0.25, 0.3) is 0 Å². The number of alkyl halides is 3. The number of pyridine rings is 1. The molecule has 6 nitrogen and oxygen atoms in total. The van der Waals surface area contributed by atoms with E-state index in [-0.39, 0.29) is 25.3 Å². The topological polar surface area (TPSA) is 71.5 Å². The Morgan fingerprint density at radius 2 is 1.76 bits per heavy atom. The van der Waals surface area contributed by atoms with Gasteiger partial charge in [0.1, 0.15) is 28.5 Å². The van der Waals surface area contributed by atoms with Crippen LogP contribution in [0.2, 0.25) is 0 Å². The Labute approximate surface area is 208 Å². The number of hydrogen-bond acceptors (Lipinski definition) is 5. The normalized spacial score (nSPS) is 19.0. The Hall–Kier alpha value is -3.32.